The Balaban J connectivity index is 0.00000261. The third-order valence-corrected chi connectivity index (χ3v) is 5.60. The van der Waals surface area contributed by atoms with Gasteiger partial charge < -0.3 is 15.8 Å². The molecule has 0 unspecified atom stereocenters. The maximum atomic E-state index is 12.2. The maximum absolute atomic E-state index is 12.2. The number of nitrogens with one attached hydrogen (secondary N) is 1. The van der Waals surface area contributed by atoms with Gasteiger partial charge in [-0.25, -0.2) is 9.78 Å². The summed E-state index contributed by atoms with van der Waals surface area (Å²) in [7, 11) is 1.37. The fourth-order valence-corrected chi connectivity index (χ4v) is 4.16. The number of anilines is 1. The van der Waals surface area contributed by atoms with E-state index in [0.29, 0.717) is 23.5 Å². The molecule has 1 amide bonds. The van der Waals surface area contributed by atoms with Gasteiger partial charge in [0.05, 0.1) is 12.7 Å². The van der Waals surface area contributed by atoms with Gasteiger partial charge in [0, 0.05) is 30.0 Å². The van der Waals surface area contributed by atoms with Crippen LogP contribution in [0.15, 0.2) is 30.5 Å². The second-order valence-corrected chi connectivity index (χ2v) is 7.72. The quantitative estimate of drug-likeness (QED) is 0.713. The number of carbonyl (C=O) groups excluding carboxylic acids is 2. The van der Waals surface area contributed by atoms with Gasteiger partial charge in [-0.1, -0.05) is 18.6 Å². The Hall–Kier alpha value is -1.96. The fourth-order valence-electron chi connectivity index (χ4n) is 3.30. The summed E-state index contributed by atoms with van der Waals surface area (Å²) in [6, 6.07) is 7.45. The van der Waals surface area contributed by atoms with Crippen molar-refractivity contribution >= 4 is 40.8 Å². The van der Waals surface area contributed by atoms with Crippen LogP contribution in [0.4, 0.5) is 5.13 Å². The van der Waals surface area contributed by atoms with Crippen LogP contribution in [0.3, 0.4) is 0 Å². The molecular formula is C19H24ClN3O3S. The molecule has 1 aromatic heterocycles. The molecule has 1 heterocycles. The summed E-state index contributed by atoms with van der Waals surface area (Å²) >= 11 is 1.44. The molecule has 0 aliphatic heterocycles. The lowest BCUT2D eigenvalue weighted by atomic mass is 10.00. The standard InChI is InChI=1S/C19H23N3O3S.ClH/c1-25-18(24)14-6-2-4-12(8-14)9-15-11-21-19(26-15)22-17(23)10-13-5-3-7-16(13)20;/h2,4,6,8,11,13,16H,3,5,7,9-10,20H2,1H3,(H,21,22,23);1H/t13-,16+;/m0./s1. The number of aromatic nitrogens is 1. The topological polar surface area (TPSA) is 94.3 Å². The van der Waals surface area contributed by atoms with Gasteiger partial charge in [-0.2, -0.15) is 0 Å². The number of amides is 1. The summed E-state index contributed by atoms with van der Waals surface area (Å²) in [4.78, 5) is 29.1. The Morgan fingerprint density at radius 1 is 1.37 bits per heavy atom. The van der Waals surface area contributed by atoms with Crippen LogP contribution in [0.5, 0.6) is 0 Å². The predicted molar refractivity (Wildman–Crippen MR) is 109 cm³/mol. The molecule has 0 spiro atoms. The first-order valence-corrected chi connectivity index (χ1v) is 9.54. The molecule has 1 aromatic carbocycles. The van der Waals surface area contributed by atoms with Crippen molar-refractivity contribution < 1.29 is 14.3 Å². The zero-order chi connectivity index (χ0) is 18.5. The molecule has 3 N–H and O–H groups in total. The van der Waals surface area contributed by atoms with Crippen molar-refractivity contribution in [1.82, 2.24) is 4.98 Å². The Bertz CT molecular complexity index is 796. The number of carbonyl (C=O) groups is 2. The van der Waals surface area contributed by atoms with Crippen molar-refractivity contribution in [3.8, 4) is 0 Å². The Morgan fingerprint density at radius 3 is 2.89 bits per heavy atom. The lowest BCUT2D eigenvalue weighted by Crippen LogP contribution is -2.28. The van der Waals surface area contributed by atoms with Crippen LogP contribution in [0, 0.1) is 5.92 Å². The minimum absolute atomic E-state index is 0. The van der Waals surface area contributed by atoms with Gasteiger partial charge in [0.1, 0.15) is 0 Å². The molecular weight excluding hydrogens is 386 g/mol. The molecule has 8 heteroatoms. The normalized spacial score (nSPS) is 18.6. The van der Waals surface area contributed by atoms with Gasteiger partial charge in [-0.3, -0.25) is 4.79 Å². The van der Waals surface area contributed by atoms with Gasteiger partial charge in [0.25, 0.3) is 0 Å². The van der Waals surface area contributed by atoms with E-state index in [1.54, 1.807) is 12.3 Å². The van der Waals surface area contributed by atoms with Crippen LogP contribution >= 0.6 is 23.7 Å². The number of benzene rings is 1. The van der Waals surface area contributed by atoms with E-state index in [0.717, 1.165) is 29.7 Å². The van der Waals surface area contributed by atoms with E-state index in [9.17, 15) is 9.59 Å². The molecule has 0 radical (unpaired) electrons. The first-order valence-electron chi connectivity index (χ1n) is 8.72. The van der Waals surface area contributed by atoms with Gasteiger partial charge in [0.2, 0.25) is 5.91 Å². The summed E-state index contributed by atoms with van der Waals surface area (Å²) in [5.41, 5.74) is 7.54. The molecule has 1 fully saturated rings. The lowest BCUT2D eigenvalue weighted by molar-refractivity contribution is -0.117. The Morgan fingerprint density at radius 2 is 2.19 bits per heavy atom. The number of hydrogen-bond acceptors (Lipinski definition) is 6. The first-order chi connectivity index (χ1) is 12.5. The largest absolute Gasteiger partial charge is 0.465 e. The molecule has 2 atom stereocenters. The molecule has 3 rings (SSSR count). The summed E-state index contributed by atoms with van der Waals surface area (Å²) in [5, 5.41) is 3.47. The van der Waals surface area contributed by atoms with E-state index >= 15 is 0 Å². The van der Waals surface area contributed by atoms with E-state index in [4.69, 9.17) is 10.5 Å². The highest BCUT2D eigenvalue weighted by Gasteiger charge is 2.26. The molecule has 27 heavy (non-hydrogen) atoms. The van der Waals surface area contributed by atoms with Crippen molar-refractivity contribution in [2.24, 2.45) is 11.7 Å². The van der Waals surface area contributed by atoms with E-state index in [1.165, 1.54) is 18.4 Å². The van der Waals surface area contributed by atoms with Crippen molar-refractivity contribution in [3.63, 3.8) is 0 Å². The van der Waals surface area contributed by atoms with E-state index < -0.39 is 0 Å². The molecule has 146 valence electrons. The highest BCUT2D eigenvalue weighted by atomic mass is 35.5. The molecule has 1 aliphatic rings. The Labute approximate surface area is 168 Å². The predicted octanol–water partition coefficient (Wildman–Crippen LogP) is 3.40. The molecule has 1 saturated carbocycles. The monoisotopic (exact) mass is 409 g/mol. The average Bonchev–Trinajstić information content (AvgIpc) is 3.23. The number of ether oxygens (including phenoxy) is 1. The molecule has 1 aliphatic carbocycles. The molecule has 6 nitrogen and oxygen atoms in total. The molecule has 0 saturated heterocycles. The fraction of sp³-hybridized carbons (Fsp3) is 0.421. The third-order valence-electron chi connectivity index (χ3n) is 4.69. The van der Waals surface area contributed by atoms with E-state index in [-0.39, 0.29) is 36.2 Å². The zero-order valence-electron chi connectivity index (χ0n) is 15.1. The Kier molecular flexibility index (Phi) is 7.77. The number of methoxy groups -OCH3 is 1. The first kappa shape index (κ1) is 21.3. The smallest absolute Gasteiger partial charge is 0.337 e. The highest BCUT2D eigenvalue weighted by Crippen LogP contribution is 2.28. The van der Waals surface area contributed by atoms with Gasteiger partial charge in [0.15, 0.2) is 5.13 Å². The number of nitrogens with two attached hydrogens (primary N) is 1. The van der Waals surface area contributed by atoms with Gasteiger partial charge >= 0.3 is 5.97 Å². The number of esters is 1. The van der Waals surface area contributed by atoms with Crippen molar-refractivity contribution in [1.29, 1.82) is 0 Å². The number of hydrogen-bond donors (Lipinski definition) is 2. The van der Waals surface area contributed by atoms with Crippen LogP contribution in [-0.2, 0) is 16.0 Å². The minimum atomic E-state index is -0.353. The summed E-state index contributed by atoms with van der Waals surface area (Å²) in [5.74, 6) is -0.106. The van der Waals surface area contributed by atoms with Gasteiger partial charge in [-0.15, -0.1) is 23.7 Å². The third kappa shape index (κ3) is 5.76. The average molecular weight is 410 g/mol. The van der Waals surface area contributed by atoms with Crippen LogP contribution in [0.2, 0.25) is 0 Å². The summed E-state index contributed by atoms with van der Waals surface area (Å²) in [6.45, 7) is 0. The second-order valence-electron chi connectivity index (χ2n) is 6.61. The van der Waals surface area contributed by atoms with Gasteiger partial charge in [-0.05, 0) is 36.5 Å². The van der Waals surface area contributed by atoms with Crippen LogP contribution in [0.25, 0.3) is 0 Å². The van der Waals surface area contributed by atoms with E-state index in [1.807, 2.05) is 18.2 Å². The summed E-state index contributed by atoms with van der Waals surface area (Å²) < 4.78 is 4.75. The van der Waals surface area contributed by atoms with Crippen LogP contribution in [-0.4, -0.2) is 30.0 Å². The minimum Gasteiger partial charge on any atom is -0.465 e. The highest BCUT2D eigenvalue weighted by molar-refractivity contribution is 7.15. The number of thiazole rings is 1. The number of halogens is 1. The SMILES string of the molecule is COC(=O)c1cccc(Cc2cnc(NC(=O)C[C@@H]3CCC[C@H]3N)s2)c1.Cl. The molecule has 0 bridgehead atoms. The number of nitrogens with zero attached hydrogens (tertiary/aromatic N) is 1. The van der Waals surface area contributed by atoms with E-state index in [2.05, 4.69) is 10.3 Å². The second kappa shape index (κ2) is 9.82. The van der Waals surface area contributed by atoms with Crippen molar-refractivity contribution in [3.05, 3.63) is 46.5 Å². The van der Waals surface area contributed by atoms with Crippen LogP contribution < -0.4 is 11.1 Å². The van der Waals surface area contributed by atoms with Crippen LogP contribution in [0.1, 0.15) is 46.5 Å². The summed E-state index contributed by atoms with van der Waals surface area (Å²) in [6.07, 6.45) is 5.99. The zero-order valence-corrected chi connectivity index (χ0v) is 16.8. The molecule has 2 aromatic rings. The lowest BCUT2D eigenvalue weighted by Gasteiger charge is -2.13. The van der Waals surface area contributed by atoms with Crippen molar-refractivity contribution in [2.45, 2.75) is 38.1 Å². The number of rotatable bonds is 6. The van der Waals surface area contributed by atoms with Crippen molar-refractivity contribution in [2.75, 3.05) is 12.4 Å². The maximum Gasteiger partial charge on any atom is 0.337 e.